The van der Waals surface area contributed by atoms with Gasteiger partial charge in [-0.15, -0.1) is 0 Å². The molecule has 3 N–H and O–H groups in total. The monoisotopic (exact) mass is 453 g/mol. The zero-order valence-corrected chi connectivity index (χ0v) is 17.0. The van der Waals surface area contributed by atoms with Crippen molar-refractivity contribution in [1.82, 2.24) is 16.2 Å². The van der Waals surface area contributed by atoms with E-state index in [1.807, 2.05) is 48.5 Å². The van der Waals surface area contributed by atoms with E-state index in [4.69, 9.17) is 12.2 Å². The molecule has 3 rings (SSSR count). The predicted molar refractivity (Wildman–Crippen MR) is 117 cm³/mol. The molecule has 0 aliphatic heterocycles. The van der Waals surface area contributed by atoms with E-state index in [1.165, 1.54) is 0 Å². The highest BCUT2D eigenvalue weighted by Gasteiger charge is 2.11. The summed E-state index contributed by atoms with van der Waals surface area (Å²) < 4.78 is 0.655. The summed E-state index contributed by atoms with van der Waals surface area (Å²) in [7, 11) is 0. The Morgan fingerprint density at radius 2 is 1.32 bits per heavy atom. The lowest BCUT2D eigenvalue weighted by atomic mass is 10.0. The quantitative estimate of drug-likeness (QED) is 0.413. The molecule has 0 spiro atoms. The van der Waals surface area contributed by atoms with Gasteiger partial charge in [-0.1, -0.05) is 54.6 Å². The van der Waals surface area contributed by atoms with Gasteiger partial charge in [-0.05, 0) is 63.5 Å². The minimum Gasteiger partial charge on any atom is -0.298 e. The molecule has 3 aromatic rings. The van der Waals surface area contributed by atoms with Crippen molar-refractivity contribution in [2.24, 2.45) is 0 Å². The smallest absolute Gasteiger partial charge is 0.270 e. The summed E-state index contributed by atoms with van der Waals surface area (Å²) in [5.41, 5.74) is 7.96. The van der Waals surface area contributed by atoms with Crippen LogP contribution in [0.4, 0.5) is 0 Å². The zero-order valence-electron chi connectivity index (χ0n) is 14.6. The number of hydrogen-bond donors (Lipinski definition) is 3. The van der Waals surface area contributed by atoms with Gasteiger partial charge in [0.05, 0.1) is 5.56 Å². The maximum Gasteiger partial charge on any atom is 0.270 e. The molecular weight excluding hydrogens is 438 g/mol. The van der Waals surface area contributed by atoms with Gasteiger partial charge < -0.3 is 0 Å². The number of nitrogens with one attached hydrogen (secondary N) is 3. The summed E-state index contributed by atoms with van der Waals surface area (Å²) in [4.78, 5) is 24.4. The molecule has 0 unspecified atom stereocenters. The fraction of sp³-hybridized carbons (Fsp3) is 0. The molecule has 0 heterocycles. The average molecular weight is 454 g/mol. The van der Waals surface area contributed by atoms with Crippen molar-refractivity contribution in [1.29, 1.82) is 0 Å². The molecule has 28 heavy (non-hydrogen) atoms. The maximum absolute atomic E-state index is 12.3. The molecule has 140 valence electrons. The summed E-state index contributed by atoms with van der Waals surface area (Å²) in [5.74, 6) is -0.747. The highest BCUT2D eigenvalue weighted by Crippen LogP contribution is 2.19. The average Bonchev–Trinajstić information content (AvgIpc) is 2.73. The van der Waals surface area contributed by atoms with Crippen LogP contribution in [0.15, 0.2) is 83.3 Å². The Morgan fingerprint density at radius 3 is 2.00 bits per heavy atom. The van der Waals surface area contributed by atoms with Crippen LogP contribution in [0.25, 0.3) is 11.1 Å². The van der Waals surface area contributed by atoms with Crippen molar-refractivity contribution in [2.75, 3.05) is 0 Å². The largest absolute Gasteiger partial charge is 0.298 e. The van der Waals surface area contributed by atoms with Gasteiger partial charge in [0.15, 0.2) is 5.11 Å². The van der Waals surface area contributed by atoms with Gasteiger partial charge in [0.1, 0.15) is 0 Å². The van der Waals surface area contributed by atoms with Crippen molar-refractivity contribution >= 4 is 45.1 Å². The van der Waals surface area contributed by atoms with E-state index < -0.39 is 0 Å². The fourth-order valence-corrected chi connectivity index (χ4v) is 3.09. The standard InChI is InChI=1S/C21H16BrN3O2S/c22-18-9-5-4-8-17(18)20(27)24-25-21(28)23-19(26)16-12-10-15(11-13-16)14-6-2-1-3-7-14/h1-13H,(H,24,27)(H2,23,25,26,28). The van der Waals surface area contributed by atoms with Crippen molar-refractivity contribution < 1.29 is 9.59 Å². The molecule has 3 aromatic carbocycles. The number of hydrogen-bond acceptors (Lipinski definition) is 3. The molecule has 0 aliphatic rings. The molecule has 0 radical (unpaired) electrons. The van der Waals surface area contributed by atoms with Crippen molar-refractivity contribution in [3.8, 4) is 11.1 Å². The Morgan fingerprint density at radius 1 is 0.714 bits per heavy atom. The lowest BCUT2D eigenvalue weighted by molar-refractivity contribution is 0.0934. The number of amides is 2. The van der Waals surface area contributed by atoms with Crippen LogP contribution in [0.1, 0.15) is 20.7 Å². The third-order valence-electron chi connectivity index (χ3n) is 3.89. The van der Waals surface area contributed by atoms with Crippen LogP contribution in [-0.4, -0.2) is 16.9 Å². The van der Waals surface area contributed by atoms with E-state index >= 15 is 0 Å². The van der Waals surface area contributed by atoms with Crippen LogP contribution in [-0.2, 0) is 0 Å². The summed E-state index contributed by atoms with van der Waals surface area (Å²) in [5, 5.41) is 2.53. The second-order valence-electron chi connectivity index (χ2n) is 5.79. The molecule has 7 heteroatoms. The van der Waals surface area contributed by atoms with Gasteiger partial charge in [-0.25, -0.2) is 0 Å². The third kappa shape index (κ3) is 5.03. The molecule has 0 fully saturated rings. The van der Waals surface area contributed by atoms with Crippen LogP contribution >= 0.6 is 28.1 Å². The van der Waals surface area contributed by atoms with Crippen LogP contribution < -0.4 is 16.2 Å². The van der Waals surface area contributed by atoms with Crippen LogP contribution in [0, 0.1) is 0 Å². The number of benzene rings is 3. The van der Waals surface area contributed by atoms with Crippen LogP contribution in [0.2, 0.25) is 0 Å². The zero-order chi connectivity index (χ0) is 19.9. The lowest BCUT2D eigenvalue weighted by Gasteiger charge is -2.11. The van der Waals surface area contributed by atoms with Crippen LogP contribution in [0.5, 0.6) is 0 Å². The second-order valence-corrected chi connectivity index (χ2v) is 7.05. The van der Waals surface area contributed by atoms with Crippen LogP contribution in [0.3, 0.4) is 0 Å². The van der Waals surface area contributed by atoms with Gasteiger partial charge in [-0.3, -0.25) is 25.8 Å². The Balaban J connectivity index is 1.55. The minimum atomic E-state index is -0.378. The number of rotatable bonds is 3. The SMILES string of the molecule is O=C(NC(=S)NNC(=O)c1ccccc1Br)c1ccc(-c2ccccc2)cc1. The molecule has 5 nitrogen and oxygen atoms in total. The Kier molecular flexibility index (Phi) is 6.52. The number of thiocarbonyl (C=S) groups is 1. The third-order valence-corrected chi connectivity index (χ3v) is 4.78. The van der Waals surface area contributed by atoms with E-state index in [1.54, 1.807) is 30.3 Å². The van der Waals surface area contributed by atoms with Gasteiger partial charge in [0, 0.05) is 10.0 Å². The van der Waals surface area contributed by atoms with E-state index in [2.05, 4.69) is 32.1 Å². The highest BCUT2D eigenvalue weighted by molar-refractivity contribution is 9.10. The predicted octanol–water partition coefficient (Wildman–Crippen LogP) is 4.07. The van der Waals surface area contributed by atoms with E-state index in [-0.39, 0.29) is 16.9 Å². The highest BCUT2D eigenvalue weighted by atomic mass is 79.9. The first-order valence-electron chi connectivity index (χ1n) is 8.36. The number of carbonyl (C=O) groups excluding carboxylic acids is 2. The molecule has 0 saturated carbocycles. The second kappa shape index (κ2) is 9.25. The molecule has 0 aliphatic carbocycles. The van der Waals surface area contributed by atoms with Gasteiger partial charge in [-0.2, -0.15) is 0 Å². The Labute approximate surface area is 176 Å². The van der Waals surface area contributed by atoms with Gasteiger partial charge in [0.2, 0.25) is 0 Å². The number of hydrazine groups is 1. The molecule has 2 amide bonds. The summed E-state index contributed by atoms with van der Waals surface area (Å²) in [6.07, 6.45) is 0. The fourth-order valence-electron chi connectivity index (χ4n) is 2.48. The Hall–Kier alpha value is -3.03. The van der Waals surface area contributed by atoms with Crippen molar-refractivity contribution in [3.63, 3.8) is 0 Å². The topological polar surface area (TPSA) is 70.2 Å². The normalized spacial score (nSPS) is 10.0. The summed E-state index contributed by atoms with van der Waals surface area (Å²) >= 11 is 8.37. The first-order valence-corrected chi connectivity index (χ1v) is 9.56. The summed E-state index contributed by atoms with van der Waals surface area (Å²) in [6.45, 7) is 0. The first kappa shape index (κ1) is 19.7. The lowest BCUT2D eigenvalue weighted by Crippen LogP contribution is -2.48. The maximum atomic E-state index is 12.3. The number of carbonyl (C=O) groups is 2. The summed E-state index contributed by atoms with van der Waals surface area (Å²) in [6, 6.07) is 24.0. The Bertz CT molecular complexity index is 1010. The van der Waals surface area contributed by atoms with E-state index in [0.717, 1.165) is 11.1 Å². The van der Waals surface area contributed by atoms with E-state index in [9.17, 15) is 9.59 Å². The van der Waals surface area contributed by atoms with Gasteiger partial charge in [0.25, 0.3) is 11.8 Å². The van der Waals surface area contributed by atoms with Crippen molar-refractivity contribution in [3.05, 3.63) is 94.5 Å². The molecule has 0 saturated heterocycles. The molecule has 0 atom stereocenters. The number of halogens is 1. The first-order chi connectivity index (χ1) is 13.5. The van der Waals surface area contributed by atoms with Crippen molar-refractivity contribution in [2.45, 2.75) is 0 Å². The van der Waals surface area contributed by atoms with Gasteiger partial charge >= 0.3 is 0 Å². The minimum absolute atomic E-state index is 0.00228. The molecule has 0 aromatic heterocycles. The molecule has 0 bridgehead atoms. The molecular formula is C21H16BrN3O2S. The van der Waals surface area contributed by atoms with E-state index in [0.29, 0.717) is 15.6 Å².